The van der Waals surface area contributed by atoms with Crippen LogP contribution in [0.15, 0.2) is 24.3 Å². The van der Waals surface area contributed by atoms with Crippen LogP contribution in [0.25, 0.3) is 0 Å². The van der Waals surface area contributed by atoms with Crippen molar-refractivity contribution in [1.82, 2.24) is 0 Å². The van der Waals surface area contributed by atoms with Gasteiger partial charge in [0.2, 0.25) is 0 Å². The molecule has 0 saturated carbocycles. The van der Waals surface area contributed by atoms with Crippen LogP contribution in [0.3, 0.4) is 0 Å². The molecular formula is C16H22O5. The number of esters is 1. The van der Waals surface area contributed by atoms with E-state index in [1.54, 1.807) is 24.3 Å². The summed E-state index contributed by atoms with van der Waals surface area (Å²) < 4.78 is 10.5. The van der Waals surface area contributed by atoms with Crippen LogP contribution < -0.4 is 4.74 Å². The van der Waals surface area contributed by atoms with Crippen LogP contribution in [-0.2, 0) is 9.53 Å². The van der Waals surface area contributed by atoms with Gasteiger partial charge in [0.05, 0.1) is 18.8 Å². The fourth-order valence-corrected chi connectivity index (χ4v) is 1.70. The van der Waals surface area contributed by atoms with Crippen LogP contribution in [-0.4, -0.2) is 30.3 Å². The molecule has 0 radical (unpaired) electrons. The van der Waals surface area contributed by atoms with Gasteiger partial charge in [-0.1, -0.05) is 19.8 Å². The van der Waals surface area contributed by atoms with Gasteiger partial charge in [0, 0.05) is 6.42 Å². The number of rotatable bonds is 10. The number of hydrogen-bond acceptors (Lipinski definition) is 4. The van der Waals surface area contributed by atoms with Crippen molar-refractivity contribution in [2.45, 2.75) is 39.0 Å². The second kappa shape index (κ2) is 9.80. The van der Waals surface area contributed by atoms with Gasteiger partial charge >= 0.3 is 11.9 Å². The molecule has 0 unspecified atom stereocenters. The van der Waals surface area contributed by atoms with E-state index in [0.29, 0.717) is 18.6 Å². The van der Waals surface area contributed by atoms with Gasteiger partial charge in [-0.15, -0.1) is 0 Å². The molecule has 1 aromatic rings. The second-order valence-electron chi connectivity index (χ2n) is 4.71. The Bertz CT molecular complexity index is 438. The molecule has 0 aliphatic heterocycles. The molecule has 0 atom stereocenters. The average Bonchev–Trinajstić information content (AvgIpc) is 2.48. The molecule has 5 heteroatoms. The minimum Gasteiger partial charge on any atom is -0.494 e. The molecule has 1 rings (SSSR count). The molecule has 0 fully saturated rings. The van der Waals surface area contributed by atoms with Crippen LogP contribution in [0.2, 0.25) is 0 Å². The Morgan fingerprint density at radius 1 is 1.05 bits per heavy atom. The lowest BCUT2D eigenvalue weighted by Crippen LogP contribution is -2.08. The van der Waals surface area contributed by atoms with Crippen LogP contribution in [0.5, 0.6) is 5.75 Å². The van der Waals surface area contributed by atoms with Crippen LogP contribution in [0, 0.1) is 0 Å². The molecule has 1 N–H and O–H groups in total. The van der Waals surface area contributed by atoms with E-state index in [1.165, 1.54) is 0 Å². The number of carbonyl (C=O) groups is 2. The van der Waals surface area contributed by atoms with E-state index in [2.05, 4.69) is 6.92 Å². The summed E-state index contributed by atoms with van der Waals surface area (Å²) in [6.45, 7) is 2.92. The fraction of sp³-hybridized carbons (Fsp3) is 0.500. The van der Waals surface area contributed by atoms with Crippen molar-refractivity contribution in [2.75, 3.05) is 13.2 Å². The summed E-state index contributed by atoms with van der Waals surface area (Å²) >= 11 is 0. The third-order valence-corrected chi connectivity index (χ3v) is 2.87. The molecule has 5 nitrogen and oxygen atoms in total. The first-order valence-corrected chi connectivity index (χ1v) is 7.25. The number of carboxylic acid groups (broad SMARTS) is 1. The van der Waals surface area contributed by atoms with Crippen molar-refractivity contribution in [3.63, 3.8) is 0 Å². The quantitative estimate of drug-likeness (QED) is 0.529. The van der Waals surface area contributed by atoms with E-state index in [4.69, 9.17) is 14.6 Å². The third kappa shape index (κ3) is 7.34. The maximum atomic E-state index is 11.7. The standard InChI is InChI=1S/C16H22O5/c1-2-3-4-11-20-14-9-7-13(8-10-14)16(19)21-12-5-6-15(17)18/h7-10H,2-6,11-12H2,1H3,(H,17,18). The highest BCUT2D eigenvalue weighted by Gasteiger charge is 2.07. The summed E-state index contributed by atoms with van der Waals surface area (Å²) in [6, 6.07) is 6.77. The third-order valence-electron chi connectivity index (χ3n) is 2.87. The molecule has 0 spiro atoms. The largest absolute Gasteiger partial charge is 0.494 e. The number of carboxylic acids is 1. The Balaban J connectivity index is 2.31. The Kier molecular flexibility index (Phi) is 7.94. The number of unbranched alkanes of at least 4 members (excludes halogenated alkanes) is 2. The van der Waals surface area contributed by atoms with E-state index in [-0.39, 0.29) is 13.0 Å². The number of hydrogen-bond donors (Lipinski definition) is 1. The zero-order valence-corrected chi connectivity index (χ0v) is 12.3. The van der Waals surface area contributed by atoms with Crippen LogP contribution in [0.4, 0.5) is 0 Å². The lowest BCUT2D eigenvalue weighted by molar-refractivity contribution is -0.137. The molecule has 0 bridgehead atoms. The molecule has 0 aliphatic carbocycles. The molecule has 0 heterocycles. The summed E-state index contributed by atoms with van der Waals surface area (Å²) in [5.41, 5.74) is 0.436. The van der Waals surface area contributed by atoms with Crippen molar-refractivity contribution in [3.8, 4) is 5.75 Å². The highest BCUT2D eigenvalue weighted by Crippen LogP contribution is 2.13. The zero-order chi connectivity index (χ0) is 15.5. The summed E-state index contributed by atoms with van der Waals surface area (Å²) in [4.78, 5) is 22.0. The zero-order valence-electron chi connectivity index (χ0n) is 12.3. The predicted molar refractivity (Wildman–Crippen MR) is 78.6 cm³/mol. The van der Waals surface area contributed by atoms with Gasteiger partial charge in [0.15, 0.2) is 0 Å². The summed E-state index contributed by atoms with van der Waals surface area (Å²) in [7, 11) is 0. The van der Waals surface area contributed by atoms with Crippen molar-refractivity contribution >= 4 is 11.9 Å². The molecule has 0 amide bonds. The van der Waals surface area contributed by atoms with E-state index in [1.807, 2.05) is 0 Å². The maximum absolute atomic E-state index is 11.7. The topological polar surface area (TPSA) is 72.8 Å². The van der Waals surface area contributed by atoms with Crippen LogP contribution in [0.1, 0.15) is 49.4 Å². The first kappa shape index (κ1) is 17.0. The highest BCUT2D eigenvalue weighted by molar-refractivity contribution is 5.89. The van der Waals surface area contributed by atoms with Gasteiger partial charge in [0.1, 0.15) is 5.75 Å². The number of benzene rings is 1. The summed E-state index contributed by atoms with van der Waals surface area (Å²) in [6.07, 6.45) is 3.62. The molecule has 1 aromatic carbocycles. The highest BCUT2D eigenvalue weighted by atomic mass is 16.5. The first-order valence-electron chi connectivity index (χ1n) is 7.25. The van der Waals surface area contributed by atoms with Gasteiger partial charge < -0.3 is 14.6 Å². The van der Waals surface area contributed by atoms with Gasteiger partial charge in [-0.25, -0.2) is 4.79 Å². The molecular weight excluding hydrogens is 272 g/mol. The summed E-state index contributed by atoms with van der Waals surface area (Å²) in [5.74, 6) is -0.609. The second-order valence-corrected chi connectivity index (χ2v) is 4.71. The van der Waals surface area contributed by atoms with E-state index in [0.717, 1.165) is 25.0 Å². The number of ether oxygens (including phenoxy) is 2. The summed E-state index contributed by atoms with van der Waals surface area (Å²) in [5, 5.41) is 8.48. The lowest BCUT2D eigenvalue weighted by Gasteiger charge is -2.07. The molecule has 21 heavy (non-hydrogen) atoms. The van der Waals surface area contributed by atoms with Crippen LogP contribution >= 0.6 is 0 Å². The smallest absolute Gasteiger partial charge is 0.338 e. The molecule has 0 aromatic heterocycles. The molecule has 0 aliphatic rings. The van der Waals surface area contributed by atoms with Gasteiger partial charge in [-0.3, -0.25) is 4.79 Å². The lowest BCUT2D eigenvalue weighted by atomic mass is 10.2. The first-order chi connectivity index (χ1) is 10.1. The van der Waals surface area contributed by atoms with Crippen molar-refractivity contribution < 1.29 is 24.2 Å². The Morgan fingerprint density at radius 3 is 2.38 bits per heavy atom. The van der Waals surface area contributed by atoms with Crippen molar-refractivity contribution in [2.24, 2.45) is 0 Å². The Hall–Kier alpha value is -2.04. The predicted octanol–water partition coefficient (Wildman–Crippen LogP) is 3.28. The number of aliphatic carboxylic acids is 1. The van der Waals surface area contributed by atoms with E-state index >= 15 is 0 Å². The van der Waals surface area contributed by atoms with Gasteiger partial charge in [0.25, 0.3) is 0 Å². The van der Waals surface area contributed by atoms with Gasteiger partial charge in [-0.05, 0) is 37.1 Å². The van der Waals surface area contributed by atoms with E-state index < -0.39 is 11.9 Å². The fourth-order valence-electron chi connectivity index (χ4n) is 1.70. The maximum Gasteiger partial charge on any atom is 0.338 e. The van der Waals surface area contributed by atoms with Gasteiger partial charge in [-0.2, -0.15) is 0 Å². The average molecular weight is 294 g/mol. The normalized spacial score (nSPS) is 10.1. The molecule has 116 valence electrons. The Morgan fingerprint density at radius 2 is 1.76 bits per heavy atom. The van der Waals surface area contributed by atoms with Crippen molar-refractivity contribution in [3.05, 3.63) is 29.8 Å². The molecule has 0 saturated heterocycles. The van der Waals surface area contributed by atoms with Crippen molar-refractivity contribution in [1.29, 1.82) is 0 Å². The monoisotopic (exact) mass is 294 g/mol. The Labute approximate surface area is 124 Å². The van der Waals surface area contributed by atoms with E-state index in [9.17, 15) is 9.59 Å². The minimum atomic E-state index is -0.893. The SMILES string of the molecule is CCCCCOc1ccc(C(=O)OCCCC(=O)O)cc1. The minimum absolute atomic E-state index is 0.00216. The number of carbonyl (C=O) groups excluding carboxylic acids is 1.